The minimum absolute atomic E-state index is 0.377. The number of aromatic nitrogens is 3. The van der Waals surface area contributed by atoms with Crippen LogP contribution < -0.4 is 5.32 Å². The molecule has 2 rings (SSSR count). The molecule has 124 valence electrons. The first kappa shape index (κ1) is 17.6. The molecule has 0 unspecified atom stereocenters. The van der Waals surface area contributed by atoms with Gasteiger partial charge in [0.15, 0.2) is 5.16 Å². The molecule has 0 bridgehead atoms. The maximum absolute atomic E-state index is 12.1. The smallest absolute Gasteiger partial charge is 0.346 e. The molecule has 0 aliphatic heterocycles. The summed E-state index contributed by atoms with van der Waals surface area (Å²) in [6.45, 7) is 0.130. The average Bonchev–Trinajstić information content (AvgIpc) is 2.92. The highest BCUT2D eigenvalue weighted by Crippen LogP contribution is 2.25. The summed E-state index contributed by atoms with van der Waals surface area (Å²) in [6.07, 6.45) is -3.00. The molecule has 1 aromatic carbocycles. The molecule has 0 aliphatic rings. The Labute approximate surface area is 139 Å². The molecule has 1 amide bonds. The largest absolute Gasteiger partial charge is 0.405 e. The Hall–Kier alpha value is -1.74. The summed E-state index contributed by atoms with van der Waals surface area (Å²) >= 11 is 6.93. The molecule has 1 N–H and O–H groups in total. The van der Waals surface area contributed by atoms with Crippen LogP contribution in [0.4, 0.5) is 13.2 Å². The first-order valence-corrected chi connectivity index (χ1v) is 7.69. The fourth-order valence-electron chi connectivity index (χ4n) is 1.65. The summed E-state index contributed by atoms with van der Waals surface area (Å²) in [7, 11) is 0. The van der Waals surface area contributed by atoms with Gasteiger partial charge in [-0.15, -0.1) is 10.2 Å². The maximum atomic E-state index is 12.1. The number of thioether (sulfide) groups is 1. The molecular weight excluding hydrogens is 353 g/mol. The molecule has 0 fully saturated rings. The molecule has 0 spiro atoms. The number of alkyl halides is 3. The second-order valence-electron chi connectivity index (χ2n) is 4.56. The monoisotopic (exact) mass is 364 g/mol. The van der Waals surface area contributed by atoms with E-state index in [4.69, 9.17) is 11.6 Å². The van der Waals surface area contributed by atoms with Crippen molar-refractivity contribution in [3.8, 4) is 5.69 Å². The van der Waals surface area contributed by atoms with Crippen LogP contribution in [0.2, 0.25) is 5.02 Å². The van der Waals surface area contributed by atoms with Crippen LogP contribution in [-0.2, 0) is 4.79 Å². The molecule has 23 heavy (non-hydrogen) atoms. The normalized spacial score (nSPS) is 12.9. The van der Waals surface area contributed by atoms with Gasteiger partial charge >= 0.3 is 6.18 Å². The summed E-state index contributed by atoms with van der Waals surface area (Å²) < 4.78 is 38.0. The van der Waals surface area contributed by atoms with E-state index in [-0.39, 0.29) is 0 Å². The number of hydrogen-bond donors (Lipinski definition) is 1. The zero-order chi connectivity index (χ0) is 17.0. The van der Waals surface area contributed by atoms with Gasteiger partial charge in [-0.3, -0.25) is 9.36 Å². The number of nitrogens with zero attached hydrogens (tertiary/aromatic N) is 3. The van der Waals surface area contributed by atoms with Gasteiger partial charge in [-0.05, 0) is 25.1 Å². The number of nitrogens with one attached hydrogen (secondary N) is 1. The van der Waals surface area contributed by atoms with Gasteiger partial charge in [0.1, 0.15) is 12.9 Å². The summed E-state index contributed by atoms with van der Waals surface area (Å²) in [4.78, 5) is 11.7. The molecule has 0 saturated heterocycles. The van der Waals surface area contributed by atoms with Crippen LogP contribution in [0, 0.1) is 0 Å². The minimum Gasteiger partial charge on any atom is -0.346 e. The molecule has 1 aromatic heterocycles. The molecule has 0 aliphatic carbocycles. The Morgan fingerprint density at radius 3 is 2.87 bits per heavy atom. The highest BCUT2D eigenvalue weighted by atomic mass is 35.5. The van der Waals surface area contributed by atoms with E-state index in [1.807, 2.05) is 5.32 Å². The van der Waals surface area contributed by atoms with Crippen LogP contribution in [0.3, 0.4) is 0 Å². The quantitative estimate of drug-likeness (QED) is 0.828. The van der Waals surface area contributed by atoms with Gasteiger partial charge in [0.2, 0.25) is 5.91 Å². The lowest BCUT2D eigenvalue weighted by atomic mass is 10.3. The lowest BCUT2D eigenvalue weighted by Gasteiger charge is -2.13. The summed E-state index contributed by atoms with van der Waals surface area (Å²) in [5, 5.41) is 9.62. The van der Waals surface area contributed by atoms with Crippen molar-refractivity contribution >= 4 is 29.3 Å². The number of halogens is 4. The molecule has 0 saturated carbocycles. The van der Waals surface area contributed by atoms with Crippen LogP contribution in [0.5, 0.6) is 0 Å². The Kier molecular flexibility index (Phi) is 5.53. The molecule has 5 nitrogen and oxygen atoms in total. The summed E-state index contributed by atoms with van der Waals surface area (Å²) in [6, 6.07) is 6.90. The van der Waals surface area contributed by atoms with Gasteiger partial charge in [0, 0.05) is 5.02 Å². The summed E-state index contributed by atoms with van der Waals surface area (Å²) in [5.41, 5.74) is 0.688. The van der Waals surface area contributed by atoms with Gasteiger partial charge in [0.25, 0.3) is 0 Å². The molecule has 2 aromatic rings. The highest BCUT2D eigenvalue weighted by Gasteiger charge is 2.29. The standard InChI is InChI=1S/C13H12ClF3N4OS/c1-8(11(22)18-6-13(15,16)17)23-12-20-19-7-21(12)10-4-2-3-9(14)5-10/h2-5,7-8H,6H2,1H3,(H,18,22)/t8-/m1/s1. The number of benzene rings is 1. The first-order chi connectivity index (χ1) is 10.8. The topological polar surface area (TPSA) is 59.8 Å². The predicted molar refractivity (Wildman–Crippen MR) is 80.8 cm³/mol. The third kappa shape index (κ3) is 5.14. The second kappa shape index (κ2) is 7.22. The van der Waals surface area contributed by atoms with Crippen molar-refractivity contribution in [1.29, 1.82) is 0 Å². The Morgan fingerprint density at radius 2 is 2.22 bits per heavy atom. The lowest BCUT2D eigenvalue weighted by molar-refractivity contribution is -0.137. The predicted octanol–water partition coefficient (Wildman–Crippen LogP) is 3.08. The first-order valence-electron chi connectivity index (χ1n) is 6.43. The van der Waals surface area contributed by atoms with Crippen molar-refractivity contribution in [2.24, 2.45) is 0 Å². The number of carbonyl (C=O) groups is 1. The molecule has 1 heterocycles. The van der Waals surface area contributed by atoms with E-state index >= 15 is 0 Å². The van der Waals surface area contributed by atoms with Crippen molar-refractivity contribution in [2.45, 2.75) is 23.5 Å². The fourth-order valence-corrected chi connectivity index (χ4v) is 2.70. The molecular formula is C13H12ClF3N4OS. The molecule has 1 atom stereocenters. The van der Waals surface area contributed by atoms with Gasteiger partial charge in [-0.1, -0.05) is 29.4 Å². The van der Waals surface area contributed by atoms with E-state index in [2.05, 4.69) is 10.2 Å². The minimum atomic E-state index is -4.44. The van der Waals surface area contributed by atoms with Crippen LogP contribution in [-0.4, -0.2) is 38.6 Å². The van der Waals surface area contributed by atoms with Crippen LogP contribution in [0.1, 0.15) is 6.92 Å². The number of amides is 1. The third-order valence-electron chi connectivity index (χ3n) is 2.72. The van der Waals surface area contributed by atoms with Crippen LogP contribution in [0.25, 0.3) is 5.69 Å². The van der Waals surface area contributed by atoms with Gasteiger partial charge in [0.05, 0.1) is 10.9 Å². The van der Waals surface area contributed by atoms with E-state index in [9.17, 15) is 18.0 Å². The average molecular weight is 365 g/mol. The van der Waals surface area contributed by atoms with Crippen molar-refractivity contribution in [3.63, 3.8) is 0 Å². The van der Waals surface area contributed by atoms with Gasteiger partial charge < -0.3 is 5.32 Å². The molecule has 10 heteroatoms. The van der Waals surface area contributed by atoms with Crippen LogP contribution >= 0.6 is 23.4 Å². The third-order valence-corrected chi connectivity index (χ3v) is 4.01. The van der Waals surface area contributed by atoms with Gasteiger partial charge in [-0.2, -0.15) is 13.2 Å². The zero-order valence-corrected chi connectivity index (χ0v) is 13.4. The Morgan fingerprint density at radius 1 is 1.48 bits per heavy atom. The molecule has 0 radical (unpaired) electrons. The van der Waals surface area contributed by atoms with Crippen LogP contribution in [0.15, 0.2) is 35.7 Å². The second-order valence-corrected chi connectivity index (χ2v) is 6.30. The Balaban J connectivity index is 2.06. The number of hydrogen-bond acceptors (Lipinski definition) is 4. The SMILES string of the molecule is C[C@@H](Sc1nncn1-c1cccc(Cl)c1)C(=O)NCC(F)(F)F. The van der Waals surface area contributed by atoms with Crippen molar-refractivity contribution in [1.82, 2.24) is 20.1 Å². The number of carbonyl (C=O) groups excluding carboxylic acids is 1. The number of rotatable bonds is 5. The van der Waals surface area contributed by atoms with Crippen molar-refractivity contribution < 1.29 is 18.0 Å². The maximum Gasteiger partial charge on any atom is 0.405 e. The van der Waals surface area contributed by atoms with Crippen molar-refractivity contribution in [3.05, 3.63) is 35.6 Å². The highest BCUT2D eigenvalue weighted by molar-refractivity contribution is 8.00. The van der Waals surface area contributed by atoms with Gasteiger partial charge in [-0.25, -0.2) is 0 Å². The summed E-state index contributed by atoms with van der Waals surface area (Å²) in [5.74, 6) is -0.729. The fraction of sp³-hybridized carbons (Fsp3) is 0.308. The van der Waals surface area contributed by atoms with E-state index in [0.29, 0.717) is 15.9 Å². The Bertz CT molecular complexity index is 692. The van der Waals surface area contributed by atoms with E-state index in [0.717, 1.165) is 11.8 Å². The van der Waals surface area contributed by atoms with E-state index in [1.165, 1.54) is 13.3 Å². The lowest BCUT2D eigenvalue weighted by Crippen LogP contribution is -2.38. The van der Waals surface area contributed by atoms with E-state index in [1.54, 1.807) is 28.8 Å². The van der Waals surface area contributed by atoms with E-state index < -0.39 is 23.9 Å². The zero-order valence-electron chi connectivity index (χ0n) is 11.8. The van der Waals surface area contributed by atoms with Crippen molar-refractivity contribution in [2.75, 3.05) is 6.54 Å².